The minimum Gasteiger partial charge on any atom is -0.512 e. The fourth-order valence-electron chi connectivity index (χ4n) is 2.46. The Balaban J connectivity index is 1.93. The number of rotatable bonds is 2. The smallest absolute Gasteiger partial charge is 0.0985 e. The van der Waals surface area contributed by atoms with E-state index in [0.29, 0.717) is 5.76 Å². The lowest BCUT2D eigenvalue weighted by molar-refractivity contribution is 0.139. The first-order valence-corrected chi connectivity index (χ1v) is 6.20. The summed E-state index contributed by atoms with van der Waals surface area (Å²) >= 11 is 0. The number of aliphatic hydroxyl groups excluding tert-OH is 2. The van der Waals surface area contributed by atoms with Gasteiger partial charge in [-0.1, -0.05) is 30.2 Å². The van der Waals surface area contributed by atoms with E-state index in [1.807, 2.05) is 0 Å². The van der Waals surface area contributed by atoms with E-state index in [2.05, 4.69) is 6.08 Å². The maximum Gasteiger partial charge on any atom is 0.0985 e. The van der Waals surface area contributed by atoms with E-state index in [0.717, 1.165) is 6.42 Å². The Morgan fingerprint density at radius 1 is 1.25 bits per heavy atom. The summed E-state index contributed by atoms with van der Waals surface area (Å²) in [4.78, 5) is 0. The van der Waals surface area contributed by atoms with Crippen LogP contribution in [-0.4, -0.2) is 16.3 Å². The molecule has 2 rings (SSSR count). The van der Waals surface area contributed by atoms with Crippen molar-refractivity contribution >= 4 is 0 Å². The molecule has 0 amide bonds. The number of hydrogen-bond acceptors (Lipinski definition) is 2. The Morgan fingerprint density at radius 2 is 2.00 bits per heavy atom. The molecule has 2 unspecified atom stereocenters. The zero-order valence-electron chi connectivity index (χ0n) is 9.60. The molecular formula is C14H20O2. The van der Waals surface area contributed by atoms with Crippen molar-refractivity contribution in [1.82, 2.24) is 0 Å². The van der Waals surface area contributed by atoms with Crippen molar-refractivity contribution in [3.8, 4) is 0 Å². The summed E-state index contributed by atoms with van der Waals surface area (Å²) in [5.41, 5.74) is 1.50. The van der Waals surface area contributed by atoms with Crippen LogP contribution in [0.15, 0.2) is 35.6 Å². The van der Waals surface area contributed by atoms with Crippen LogP contribution in [0.2, 0.25) is 0 Å². The second kappa shape index (κ2) is 5.35. The molecule has 2 heteroatoms. The van der Waals surface area contributed by atoms with E-state index >= 15 is 0 Å². The molecule has 2 nitrogen and oxygen atoms in total. The van der Waals surface area contributed by atoms with Gasteiger partial charge < -0.3 is 10.2 Å². The van der Waals surface area contributed by atoms with Gasteiger partial charge in [0.25, 0.3) is 0 Å². The number of allylic oxidation sites excluding steroid dienone is 4. The van der Waals surface area contributed by atoms with Crippen molar-refractivity contribution < 1.29 is 10.2 Å². The molecule has 0 aromatic heterocycles. The first-order chi connectivity index (χ1) is 7.77. The van der Waals surface area contributed by atoms with Gasteiger partial charge in [0, 0.05) is 5.92 Å². The van der Waals surface area contributed by atoms with E-state index < -0.39 is 6.10 Å². The summed E-state index contributed by atoms with van der Waals surface area (Å²) in [5.74, 6) is 0.169. The summed E-state index contributed by atoms with van der Waals surface area (Å²) in [7, 11) is 0. The summed E-state index contributed by atoms with van der Waals surface area (Å²) in [6.07, 6.45) is 13.9. The van der Waals surface area contributed by atoms with Gasteiger partial charge in [-0.3, -0.25) is 0 Å². The van der Waals surface area contributed by atoms with Crippen molar-refractivity contribution in [3.63, 3.8) is 0 Å². The highest BCUT2D eigenvalue weighted by Crippen LogP contribution is 2.27. The first kappa shape index (κ1) is 11.5. The average molecular weight is 220 g/mol. The van der Waals surface area contributed by atoms with E-state index in [4.69, 9.17) is 0 Å². The molecule has 0 saturated heterocycles. The normalized spacial score (nSPS) is 30.1. The predicted octanol–water partition coefficient (Wildman–Crippen LogP) is 3.26. The van der Waals surface area contributed by atoms with Crippen LogP contribution >= 0.6 is 0 Å². The van der Waals surface area contributed by atoms with Gasteiger partial charge in [-0.15, -0.1) is 0 Å². The van der Waals surface area contributed by atoms with Crippen LogP contribution in [0.1, 0.15) is 38.5 Å². The second-order valence-corrected chi connectivity index (χ2v) is 4.73. The van der Waals surface area contributed by atoms with Crippen molar-refractivity contribution in [2.45, 2.75) is 44.6 Å². The standard InChI is InChI=1S/C14H20O2/c15-13-7-4-8-14(16)12(13)10-9-11-5-2-1-3-6-11/h4,7-9,12-13,15-16H,1-3,5-6,10H2. The lowest BCUT2D eigenvalue weighted by atomic mass is 9.88. The molecular weight excluding hydrogens is 200 g/mol. The highest BCUT2D eigenvalue weighted by molar-refractivity contribution is 5.20. The SMILES string of the molecule is OC1=CC=CC(O)C1CC=C1CCCCC1. The van der Waals surface area contributed by atoms with Gasteiger partial charge in [0.1, 0.15) is 0 Å². The maximum absolute atomic E-state index is 9.75. The van der Waals surface area contributed by atoms with Crippen molar-refractivity contribution in [2.24, 2.45) is 5.92 Å². The lowest BCUT2D eigenvalue weighted by Crippen LogP contribution is -2.22. The molecule has 0 bridgehead atoms. The lowest BCUT2D eigenvalue weighted by Gasteiger charge is -2.22. The van der Waals surface area contributed by atoms with Crippen LogP contribution < -0.4 is 0 Å². The first-order valence-electron chi connectivity index (χ1n) is 6.20. The maximum atomic E-state index is 9.75. The third-order valence-corrected chi connectivity index (χ3v) is 3.52. The molecule has 2 N–H and O–H groups in total. The molecule has 0 aliphatic heterocycles. The monoisotopic (exact) mass is 220 g/mol. The fourth-order valence-corrected chi connectivity index (χ4v) is 2.46. The molecule has 16 heavy (non-hydrogen) atoms. The number of hydrogen-bond donors (Lipinski definition) is 2. The molecule has 0 radical (unpaired) electrons. The van der Waals surface area contributed by atoms with Crippen LogP contribution in [0.3, 0.4) is 0 Å². The summed E-state index contributed by atoms with van der Waals surface area (Å²) in [6.45, 7) is 0. The minimum atomic E-state index is -0.537. The second-order valence-electron chi connectivity index (χ2n) is 4.73. The Hall–Kier alpha value is -1.02. The van der Waals surface area contributed by atoms with Gasteiger partial charge >= 0.3 is 0 Å². The number of aliphatic hydroxyl groups is 2. The van der Waals surface area contributed by atoms with Gasteiger partial charge in [-0.05, 0) is 38.2 Å². The third kappa shape index (κ3) is 2.76. The minimum absolute atomic E-state index is 0.139. The van der Waals surface area contributed by atoms with Crippen molar-refractivity contribution in [3.05, 3.63) is 35.6 Å². The van der Waals surface area contributed by atoms with Crippen molar-refractivity contribution in [2.75, 3.05) is 0 Å². The highest BCUT2D eigenvalue weighted by Gasteiger charge is 2.22. The average Bonchev–Trinajstić information content (AvgIpc) is 2.30. The van der Waals surface area contributed by atoms with Crippen LogP contribution in [-0.2, 0) is 0 Å². The van der Waals surface area contributed by atoms with Gasteiger partial charge in [-0.25, -0.2) is 0 Å². The molecule has 2 aliphatic carbocycles. The van der Waals surface area contributed by atoms with Gasteiger partial charge in [-0.2, -0.15) is 0 Å². The summed E-state index contributed by atoms with van der Waals surface area (Å²) in [6, 6.07) is 0. The van der Waals surface area contributed by atoms with Crippen LogP contribution in [0.4, 0.5) is 0 Å². The van der Waals surface area contributed by atoms with E-state index in [1.54, 1.807) is 18.2 Å². The zero-order chi connectivity index (χ0) is 11.4. The Labute approximate surface area is 97.0 Å². The highest BCUT2D eigenvalue weighted by atomic mass is 16.3. The summed E-state index contributed by atoms with van der Waals surface area (Å²) in [5, 5.41) is 19.4. The van der Waals surface area contributed by atoms with E-state index in [1.165, 1.54) is 37.7 Å². The van der Waals surface area contributed by atoms with E-state index in [9.17, 15) is 10.2 Å². The molecule has 0 aromatic carbocycles. The zero-order valence-corrected chi connectivity index (χ0v) is 9.60. The van der Waals surface area contributed by atoms with Gasteiger partial charge in [0.2, 0.25) is 0 Å². The van der Waals surface area contributed by atoms with Crippen molar-refractivity contribution in [1.29, 1.82) is 0 Å². The van der Waals surface area contributed by atoms with Crippen LogP contribution in [0.25, 0.3) is 0 Å². The molecule has 1 fully saturated rings. The Bertz CT molecular complexity index is 318. The summed E-state index contributed by atoms with van der Waals surface area (Å²) < 4.78 is 0. The Morgan fingerprint density at radius 3 is 2.69 bits per heavy atom. The molecule has 0 aromatic rings. The molecule has 0 spiro atoms. The fraction of sp³-hybridized carbons (Fsp3) is 0.571. The predicted molar refractivity (Wildman–Crippen MR) is 65.1 cm³/mol. The molecule has 1 saturated carbocycles. The topological polar surface area (TPSA) is 40.5 Å². The molecule has 2 aliphatic rings. The van der Waals surface area contributed by atoms with Gasteiger partial charge in [0.15, 0.2) is 0 Å². The third-order valence-electron chi connectivity index (χ3n) is 3.52. The molecule has 0 heterocycles. The Kier molecular flexibility index (Phi) is 3.83. The molecule has 2 atom stereocenters. The van der Waals surface area contributed by atoms with Crippen LogP contribution in [0.5, 0.6) is 0 Å². The largest absolute Gasteiger partial charge is 0.512 e. The van der Waals surface area contributed by atoms with E-state index in [-0.39, 0.29) is 5.92 Å². The van der Waals surface area contributed by atoms with Crippen LogP contribution in [0, 0.1) is 5.92 Å². The quantitative estimate of drug-likeness (QED) is 0.701. The van der Waals surface area contributed by atoms with Gasteiger partial charge in [0.05, 0.1) is 11.9 Å². The molecule has 88 valence electrons.